The van der Waals surface area contributed by atoms with Crippen molar-refractivity contribution in [2.45, 2.75) is 27.2 Å². The largest absolute Gasteiger partial charge is 0.461 e. The third-order valence-corrected chi connectivity index (χ3v) is 6.42. The van der Waals surface area contributed by atoms with E-state index in [1.807, 2.05) is 49.4 Å². The fraction of sp³-hybridized carbons (Fsp3) is 0.208. The number of fused-ring (bicyclic) bond motifs is 1. The van der Waals surface area contributed by atoms with E-state index < -0.39 is 0 Å². The molecule has 0 fully saturated rings. The minimum absolute atomic E-state index is 0.316. The molecule has 4 aromatic rings. The highest BCUT2D eigenvalue weighted by Gasteiger charge is 2.20. The fourth-order valence-corrected chi connectivity index (χ4v) is 4.39. The standard InChI is InChI=1S/C24H23N3O2S/c1-15-8-7-11-19(16(15)2)27-22-20-17(3)21(30-23(20)26-14-25-22)24(28)29-13-12-18-9-5-4-6-10-18/h4-11,14H,12-13H2,1-3H3,(H,25,26,27). The predicted octanol–water partition coefficient (Wildman–Crippen LogP) is 5.76. The van der Waals surface area contributed by atoms with Gasteiger partial charge in [0.2, 0.25) is 0 Å². The quantitative estimate of drug-likeness (QED) is 0.404. The van der Waals surface area contributed by atoms with Crippen LogP contribution in [0.25, 0.3) is 10.2 Å². The molecular formula is C24H23N3O2S. The van der Waals surface area contributed by atoms with Crippen LogP contribution in [0.2, 0.25) is 0 Å². The molecule has 6 heteroatoms. The molecule has 152 valence electrons. The lowest BCUT2D eigenvalue weighted by atomic mass is 10.1. The van der Waals surface area contributed by atoms with Gasteiger partial charge in [0.25, 0.3) is 0 Å². The van der Waals surface area contributed by atoms with Crippen LogP contribution in [0.4, 0.5) is 11.5 Å². The summed E-state index contributed by atoms with van der Waals surface area (Å²) in [4.78, 5) is 22.9. The van der Waals surface area contributed by atoms with Crippen molar-refractivity contribution in [1.29, 1.82) is 0 Å². The van der Waals surface area contributed by atoms with E-state index in [9.17, 15) is 4.79 Å². The second-order valence-electron chi connectivity index (χ2n) is 7.20. The second-order valence-corrected chi connectivity index (χ2v) is 8.20. The van der Waals surface area contributed by atoms with Crippen LogP contribution in [0, 0.1) is 20.8 Å². The Bertz CT molecular complexity index is 1200. The fourth-order valence-electron chi connectivity index (χ4n) is 3.35. The molecule has 1 N–H and O–H groups in total. The Balaban J connectivity index is 1.57. The van der Waals surface area contributed by atoms with Crippen LogP contribution in [-0.4, -0.2) is 22.5 Å². The van der Waals surface area contributed by atoms with Crippen LogP contribution in [0.5, 0.6) is 0 Å². The van der Waals surface area contributed by atoms with Crippen molar-refractivity contribution in [2.24, 2.45) is 0 Å². The number of rotatable bonds is 6. The van der Waals surface area contributed by atoms with Gasteiger partial charge in [-0.25, -0.2) is 14.8 Å². The zero-order valence-electron chi connectivity index (χ0n) is 17.2. The number of aryl methyl sites for hydroxylation is 2. The first-order valence-corrected chi connectivity index (χ1v) is 10.6. The van der Waals surface area contributed by atoms with Crippen LogP contribution in [0.3, 0.4) is 0 Å². The summed E-state index contributed by atoms with van der Waals surface area (Å²) >= 11 is 1.34. The van der Waals surface area contributed by atoms with Crippen molar-refractivity contribution >= 4 is 39.0 Å². The molecule has 0 saturated heterocycles. The Morgan fingerprint density at radius 1 is 1.00 bits per heavy atom. The monoisotopic (exact) mass is 417 g/mol. The van der Waals surface area contributed by atoms with Crippen LogP contribution in [-0.2, 0) is 11.2 Å². The molecule has 0 aliphatic rings. The van der Waals surface area contributed by atoms with Gasteiger partial charge in [-0.05, 0) is 49.1 Å². The molecule has 0 aliphatic carbocycles. The zero-order chi connectivity index (χ0) is 21.1. The van der Waals surface area contributed by atoms with E-state index >= 15 is 0 Å². The maximum absolute atomic E-state index is 12.7. The van der Waals surface area contributed by atoms with Crippen molar-refractivity contribution in [3.8, 4) is 0 Å². The van der Waals surface area contributed by atoms with Crippen molar-refractivity contribution in [2.75, 3.05) is 11.9 Å². The topological polar surface area (TPSA) is 64.1 Å². The van der Waals surface area contributed by atoms with Crippen LogP contribution in [0.1, 0.15) is 31.9 Å². The maximum Gasteiger partial charge on any atom is 0.348 e. The Morgan fingerprint density at radius 3 is 2.60 bits per heavy atom. The summed E-state index contributed by atoms with van der Waals surface area (Å²) in [5.41, 5.74) is 5.35. The first-order chi connectivity index (χ1) is 14.5. The summed E-state index contributed by atoms with van der Waals surface area (Å²) < 4.78 is 5.54. The van der Waals surface area contributed by atoms with E-state index in [0.29, 0.717) is 23.7 Å². The van der Waals surface area contributed by atoms with Crippen LogP contribution < -0.4 is 5.32 Å². The van der Waals surface area contributed by atoms with Crippen LogP contribution in [0.15, 0.2) is 54.9 Å². The lowest BCUT2D eigenvalue weighted by molar-refractivity contribution is 0.0514. The first kappa shape index (κ1) is 20.0. The lowest BCUT2D eigenvalue weighted by Crippen LogP contribution is -2.07. The van der Waals surface area contributed by atoms with Gasteiger partial charge in [0, 0.05) is 12.1 Å². The molecule has 5 nitrogen and oxygen atoms in total. The van der Waals surface area contributed by atoms with Gasteiger partial charge in [-0.1, -0.05) is 42.5 Å². The van der Waals surface area contributed by atoms with Crippen molar-refractivity contribution in [3.63, 3.8) is 0 Å². The molecule has 0 saturated carbocycles. The molecule has 0 aliphatic heterocycles. The summed E-state index contributed by atoms with van der Waals surface area (Å²) in [6, 6.07) is 16.1. The number of thiophene rings is 1. The number of nitrogens with one attached hydrogen (secondary N) is 1. The van der Waals surface area contributed by atoms with Crippen molar-refractivity contribution in [3.05, 3.63) is 82.0 Å². The van der Waals surface area contributed by atoms with Crippen LogP contribution >= 0.6 is 11.3 Å². The molecule has 0 unspecified atom stereocenters. The number of anilines is 2. The smallest absolute Gasteiger partial charge is 0.348 e. The number of benzene rings is 2. The summed E-state index contributed by atoms with van der Waals surface area (Å²) in [5.74, 6) is 0.384. The molecule has 4 rings (SSSR count). The number of carbonyl (C=O) groups is 1. The highest BCUT2D eigenvalue weighted by Crippen LogP contribution is 2.35. The summed E-state index contributed by atoms with van der Waals surface area (Å²) in [5, 5.41) is 4.28. The Hall–Kier alpha value is -3.25. The highest BCUT2D eigenvalue weighted by atomic mass is 32.1. The average molecular weight is 418 g/mol. The minimum atomic E-state index is -0.316. The molecule has 0 bridgehead atoms. The van der Waals surface area contributed by atoms with E-state index in [0.717, 1.165) is 32.6 Å². The summed E-state index contributed by atoms with van der Waals surface area (Å²) in [6.45, 7) is 6.42. The van der Waals surface area contributed by atoms with Crippen molar-refractivity contribution in [1.82, 2.24) is 9.97 Å². The van der Waals surface area contributed by atoms with Gasteiger partial charge >= 0.3 is 5.97 Å². The molecule has 0 radical (unpaired) electrons. The number of aromatic nitrogens is 2. The molecule has 30 heavy (non-hydrogen) atoms. The number of ether oxygens (including phenoxy) is 1. The first-order valence-electron chi connectivity index (χ1n) is 9.83. The van der Waals surface area contributed by atoms with E-state index in [-0.39, 0.29) is 5.97 Å². The third-order valence-electron chi connectivity index (χ3n) is 5.24. The number of hydrogen-bond acceptors (Lipinski definition) is 6. The molecule has 0 spiro atoms. The van der Waals surface area contributed by atoms with E-state index in [1.165, 1.54) is 23.2 Å². The number of nitrogens with zero attached hydrogens (tertiary/aromatic N) is 2. The van der Waals surface area contributed by atoms with Crippen molar-refractivity contribution < 1.29 is 9.53 Å². The van der Waals surface area contributed by atoms with Gasteiger partial charge in [0.1, 0.15) is 21.9 Å². The Kier molecular flexibility index (Phi) is 5.77. The Morgan fingerprint density at radius 2 is 1.80 bits per heavy atom. The van der Waals surface area contributed by atoms with Gasteiger partial charge in [-0.2, -0.15) is 0 Å². The second kappa shape index (κ2) is 8.63. The number of esters is 1. The lowest BCUT2D eigenvalue weighted by Gasteiger charge is -2.11. The summed E-state index contributed by atoms with van der Waals surface area (Å²) in [6.07, 6.45) is 2.21. The third kappa shape index (κ3) is 4.04. The molecular weight excluding hydrogens is 394 g/mol. The zero-order valence-corrected chi connectivity index (χ0v) is 18.0. The maximum atomic E-state index is 12.7. The SMILES string of the molecule is Cc1cccc(Nc2ncnc3sc(C(=O)OCCc4ccccc4)c(C)c23)c1C. The average Bonchev–Trinajstić information content (AvgIpc) is 3.10. The van der Waals surface area contributed by atoms with E-state index in [2.05, 4.69) is 35.2 Å². The van der Waals surface area contributed by atoms with E-state index in [1.54, 1.807) is 0 Å². The number of carbonyl (C=O) groups excluding carboxylic acids is 1. The van der Waals surface area contributed by atoms with Gasteiger partial charge in [-0.15, -0.1) is 11.3 Å². The van der Waals surface area contributed by atoms with Gasteiger partial charge in [0.05, 0.1) is 12.0 Å². The molecule has 2 aromatic carbocycles. The number of hydrogen-bond donors (Lipinski definition) is 1. The minimum Gasteiger partial charge on any atom is -0.461 e. The Labute approximate surface area is 179 Å². The molecule has 2 heterocycles. The van der Waals surface area contributed by atoms with E-state index in [4.69, 9.17) is 4.74 Å². The predicted molar refractivity (Wildman–Crippen MR) is 122 cm³/mol. The highest BCUT2D eigenvalue weighted by molar-refractivity contribution is 7.20. The molecule has 2 aromatic heterocycles. The molecule has 0 atom stereocenters. The summed E-state index contributed by atoms with van der Waals surface area (Å²) in [7, 11) is 0. The molecule has 0 amide bonds. The van der Waals surface area contributed by atoms with Gasteiger partial charge in [0.15, 0.2) is 0 Å². The van der Waals surface area contributed by atoms with Gasteiger partial charge in [-0.3, -0.25) is 0 Å². The normalized spacial score (nSPS) is 10.9. The van der Waals surface area contributed by atoms with Gasteiger partial charge < -0.3 is 10.1 Å².